The van der Waals surface area contributed by atoms with Crippen LogP contribution >= 0.6 is 0 Å². The van der Waals surface area contributed by atoms with Crippen molar-refractivity contribution in [3.8, 4) is 11.9 Å². The summed E-state index contributed by atoms with van der Waals surface area (Å²) in [6.07, 6.45) is 11.0. The Balaban J connectivity index is 2.11. The summed E-state index contributed by atoms with van der Waals surface area (Å²) in [7, 11) is 0. The van der Waals surface area contributed by atoms with E-state index in [0.717, 1.165) is 49.6 Å². The predicted molar refractivity (Wildman–Crippen MR) is 156 cm³/mol. The average Bonchev–Trinajstić information content (AvgIpc) is 2.94. The molecule has 0 spiro atoms. The van der Waals surface area contributed by atoms with Crippen molar-refractivity contribution >= 4 is 17.3 Å². The quantitative estimate of drug-likeness (QED) is 0.148. The average molecular weight is 537 g/mol. The van der Waals surface area contributed by atoms with E-state index in [2.05, 4.69) is 41.7 Å². The van der Waals surface area contributed by atoms with Gasteiger partial charge in [0.15, 0.2) is 5.69 Å². The van der Waals surface area contributed by atoms with E-state index in [1.807, 2.05) is 6.07 Å². The van der Waals surface area contributed by atoms with E-state index in [1.54, 1.807) is 31.2 Å². The monoisotopic (exact) mass is 536 g/mol. The first-order chi connectivity index (χ1) is 18.9. The third-order valence-corrected chi connectivity index (χ3v) is 6.97. The number of hydrogen-bond donors (Lipinski definition) is 3. The molecule has 1 unspecified atom stereocenters. The number of aromatic hydroxyl groups is 1. The van der Waals surface area contributed by atoms with Crippen LogP contribution in [0.25, 0.3) is 0 Å². The van der Waals surface area contributed by atoms with E-state index >= 15 is 0 Å². The van der Waals surface area contributed by atoms with E-state index in [9.17, 15) is 20.0 Å². The van der Waals surface area contributed by atoms with E-state index < -0.39 is 11.4 Å². The largest absolute Gasteiger partial charge is 0.492 e. The van der Waals surface area contributed by atoms with Crippen molar-refractivity contribution in [1.82, 2.24) is 9.99 Å². The maximum Gasteiger partial charge on any atom is 0.290 e. The lowest BCUT2D eigenvalue weighted by Gasteiger charge is -2.15. The summed E-state index contributed by atoms with van der Waals surface area (Å²) < 4.78 is 0.976. The molecule has 0 saturated carbocycles. The Labute approximate surface area is 232 Å². The van der Waals surface area contributed by atoms with Crippen LogP contribution < -0.4 is 16.3 Å². The van der Waals surface area contributed by atoms with Crippen LogP contribution in [0.1, 0.15) is 106 Å². The smallest absolute Gasteiger partial charge is 0.290 e. The van der Waals surface area contributed by atoms with E-state index in [0.29, 0.717) is 30.3 Å². The van der Waals surface area contributed by atoms with Gasteiger partial charge in [0.25, 0.3) is 11.5 Å². The van der Waals surface area contributed by atoms with Crippen LogP contribution in [-0.2, 0) is 0 Å². The van der Waals surface area contributed by atoms with Crippen LogP contribution in [0.15, 0.2) is 39.3 Å². The number of nitrogens with one attached hydrogen (secondary N) is 2. The second-order valence-electron chi connectivity index (χ2n) is 9.97. The van der Waals surface area contributed by atoms with Gasteiger partial charge >= 0.3 is 0 Å². The van der Waals surface area contributed by atoms with Gasteiger partial charge in [-0.2, -0.15) is 15.1 Å². The van der Waals surface area contributed by atoms with Crippen molar-refractivity contribution in [2.45, 2.75) is 91.9 Å². The van der Waals surface area contributed by atoms with Gasteiger partial charge < -0.3 is 15.8 Å². The SMILES string of the molecule is CCCCCCCCNn1c(O)c(/N=N/c2ccc(C(=O)NCC(CC)CCCC)cc2)c(C)c(C#N)c1=O. The van der Waals surface area contributed by atoms with Crippen molar-refractivity contribution in [1.29, 1.82) is 5.26 Å². The number of amides is 1. The molecule has 1 amide bonds. The lowest BCUT2D eigenvalue weighted by atomic mass is 9.99. The molecule has 0 saturated heterocycles. The van der Waals surface area contributed by atoms with Crippen LogP contribution in [0.5, 0.6) is 5.88 Å². The highest BCUT2D eigenvalue weighted by Crippen LogP contribution is 2.31. The fourth-order valence-corrected chi connectivity index (χ4v) is 4.32. The summed E-state index contributed by atoms with van der Waals surface area (Å²) in [5.41, 5.74) is 3.50. The molecule has 0 fully saturated rings. The maximum absolute atomic E-state index is 12.7. The second kappa shape index (κ2) is 17.0. The van der Waals surface area contributed by atoms with Gasteiger partial charge in [0.05, 0.1) is 5.69 Å². The Bertz CT molecular complexity index is 1180. The van der Waals surface area contributed by atoms with Gasteiger partial charge in [-0.25, -0.2) is 0 Å². The number of carbonyl (C=O) groups excluding carboxylic acids is 1. The number of unbranched alkanes of at least 4 members (excludes halogenated alkanes) is 6. The van der Waals surface area contributed by atoms with E-state index in [4.69, 9.17) is 0 Å². The molecule has 1 atom stereocenters. The standard InChI is InChI=1S/C30H44N6O3/c1-5-8-10-11-12-13-19-33-36-29(38)26(20-31)22(4)27(30(36)39)35-34-25-17-15-24(16-18-25)28(37)32-21-23(7-3)14-9-6-2/h15-18,23,33,39H,5-14,19,21H2,1-4H3,(H,32,37)/b35-34+. The predicted octanol–water partition coefficient (Wildman–Crippen LogP) is 7.00. The summed E-state index contributed by atoms with van der Waals surface area (Å²) in [4.78, 5) is 25.3. The van der Waals surface area contributed by atoms with Crippen LogP contribution in [0, 0.1) is 24.2 Å². The molecular formula is C30H44N6O3. The second-order valence-corrected chi connectivity index (χ2v) is 9.97. The van der Waals surface area contributed by atoms with Gasteiger partial charge in [-0.15, -0.1) is 5.11 Å². The Morgan fingerprint density at radius 1 is 1.03 bits per heavy atom. The van der Waals surface area contributed by atoms with Crippen molar-refractivity contribution in [3.63, 3.8) is 0 Å². The topological polar surface area (TPSA) is 132 Å². The molecule has 0 aliphatic carbocycles. The van der Waals surface area contributed by atoms with Gasteiger partial charge in [-0.05, 0) is 49.9 Å². The fraction of sp³-hybridized carbons (Fsp3) is 0.567. The summed E-state index contributed by atoms with van der Waals surface area (Å²) in [5.74, 6) is -0.0559. The minimum Gasteiger partial charge on any atom is -0.492 e. The molecule has 1 aromatic heterocycles. The van der Waals surface area contributed by atoms with Gasteiger partial charge in [-0.1, -0.05) is 72.1 Å². The number of hydrogen-bond acceptors (Lipinski definition) is 7. The molecule has 2 rings (SSSR count). The van der Waals surface area contributed by atoms with Crippen molar-refractivity contribution < 1.29 is 9.90 Å². The lowest BCUT2D eigenvalue weighted by Crippen LogP contribution is -2.31. The van der Waals surface area contributed by atoms with E-state index in [-0.39, 0.29) is 22.7 Å². The number of nitrogens with zero attached hydrogens (tertiary/aromatic N) is 4. The molecule has 1 aromatic carbocycles. The number of carbonyl (C=O) groups is 1. The first-order valence-corrected chi connectivity index (χ1v) is 14.3. The highest BCUT2D eigenvalue weighted by atomic mass is 16.3. The number of rotatable bonds is 17. The Kier molecular flexibility index (Phi) is 13.8. The highest BCUT2D eigenvalue weighted by Gasteiger charge is 2.19. The first kappa shape index (κ1) is 31.5. The Hall–Kier alpha value is -3.67. The molecule has 3 N–H and O–H groups in total. The van der Waals surface area contributed by atoms with Crippen LogP contribution in [0.4, 0.5) is 11.4 Å². The fourth-order valence-electron chi connectivity index (χ4n) is 4.32. The van der Waals surface area contributed by atoms with Crippen molar-refractivity contribution in [2.75, 3.05) is 18.5 Å². The van der Waals surface area contributed by atoms with Crippen molar-refractivity contribution in [3.05, 3.63) is 51.3 Å². The molecule has 1 heterocycles. The molecule has 9 heteroatoms. The maximum atomic E-state index is 12.7. The number of pyridine rings is 1. The molecule has 39 heavy (non-hydrogen) atoms. The summed E-state index contributed by atoms with van der Waals surface area (Å²) in [6, 6.07) is 8.59. The van der Waals surface area contributed by atoms with Crippen LogP contribution in [0.3, 0.4) is 0 Å². The van der Waals surface area contributed by atoms with Gasteiger partial charge in [0, 0.05) is 24.2 Å². The zero-order chi connectivity index (χ0) is 28.6. The molecule has 9 nitrogen and oxygen atoms in total. The minimum atomic E-state index is -0.618. The van der Waals surface area contributed by atoms with Crippen LogP contribution in [-0.4, -0.2) is 28.8 Å². The minimum absolute atomic E-state index is 0.0427. The Morgan fingerprint density at radius 2 is 1.69 bits per heavy atom. The molecule has 212 valence electrons. The summed E-state index contributed by atoms with van der Waals surface area (Å²) in [6.45, 7) is 9.17. The number of benzene rings is 1. The van der Waals surface area contributed by atoms with Gasteiger partial charge in [0.1, 0.15) is 11.6 Å². The van der Waals surface area contributed by atoms with E-state index in [1.165, 1.54) is 19.3 Å². The molecule has 0 aliphatic rings. The summed E-state index contributed by atoms with van der Waals surface area (Å²) in [5, 5.41) is 31.7. The third kappa shape index (κ3) is 9.54. The molecule has 0 bridgehead atoms. The zero-order valence-corrected chi connectivity index (χ0v) is 23.9. The molecule has 0 aliphatic heterocycles. The highest BCUT2D eigenvalue weighted by molar-refractivity contribution is 5.94. The Morgan fingerprint density at radius 3 is 2.33 bits per heavy atom. The molecule has 0 radical (unpaired) electrons. The third-order valence-electron chi connectivity index (χ3n) is 6.97. The van der Waals surface area contributed by atoms with Gasteiger partial charge in [-0.3, -0.25) is 9.59 Å². The lowest BCUT2D eigenvalue weighted by molar-refractivity contribution is 0.0946. The molecular weight excluding hydrogens is 492 g/mol. The van der Waals surface area contributed by atoms with Gasteiger partial charge in [0.2, 0.25) is 5.88 Å². The number of nitriles is 1. The van der Waals surface area contributed by atoms with Crippen LogP contribution in [0.2, 0.25) is 0 Å². The first-order valence-electron chi connectivity index (χ1n) is 14.3. The number of azo groups is 1. The number of aromatic nitrogens is 1. The summed E-state index contributed by atoms with van der Waals surface area (Å²) >= 11 is 0. The zero-order valence-electron chi connectivity index (χ0n) is 23.9. The normalized spacial score (nSPS) is 11.9. The van der Waals surface area contributed by atoms with Crippen molar-refractivity contribution in [2.24, 2.45) is 16.1 Å². The molecule has 2 aromatic rings.